The van der Waals surface area contributed by atoms with Gasteiger partial charge >= 0.3 is 0 Å². The molecule has 0 aliphatic rings. The van der Waals surface area contributed by atoms with Crippen LogP contribution in [0.1, 0.15) is 35.6 Å². The Bertz CT molecular complexity index is 549. The lowest BCUT2D eigenvalue weighted by Crippen LogP contribution is -2.26. The van der Waals surface area contributed by atoms with Crippen molar-refractivity contribution in [1.29, 1.82) is 0 Å². The Morgan fingerprint density at radius 3 is 2.80 bits per heavy atom. The molecule has 1 aromatic carbocycles. The minimum Gasteiger partial charge on any atom is -0.310 e. The van der Waals surface area contributed by atoms with Crippen LogP contribution >= 0.6 is 0 Å². The number of rotatable bonds is 6. The van der Waals surface area contributed by atoms with Crippen LogP contribution in [0.25, 0.3) is 0 Å². The lowest BCUT2D eigenvalue weighted by molar-refractivity contribution is 0.513. The molecule has 0 fully saturated rings. The number of hydrogen-bond acceptors (Lipinski definition) is 2. The van der Waals surface area contributed by atoms with E-state index in [0.29, 0.717) is 6.04 Å². The quantitative estimate of drug-likeness (QED) is 0.861. The number of benzene rings is 1. The molecule has 1 atom stereocenters. The standard InChI is InChI=1S/C18H24N2/c1-14-5-4-6-17(11-14)8-7-16(3)20-13-18-12-19-10-9-15(18)2/h4-6,9-12,16,20H,7-8,13H2,1-3H3. The van der Waals surface area contributed by atoms with E-state index in [1.807, 2.05) is 12.4 Å². The highest BCUT2D eigenvalue weighted by Gasteiger charge is 2.04. The molecule has 2 heteroatoms. The molecule has 0 aliphatic carbocycles. The first-order chi connectivity index (χ1) is 9.65. The molecule has 2 aromatic rings. The van der Waals surface area contributed by atoms with Crippen molar-refractivity contribution < 1.29 is 0 Å². The van der Waals surface area contributed by atoms with E-state index in [1.54, 1.807) is 0 Å². The van der Waals surface area contributed by atoms with Gasteiger partial charge in [0.2, 0.25) is 0 Å². The van der Waals surface area contributed by atoms with Gasteiger partial charge in [0, 0.05) is 25.0 Å². The van der Waals surface area contributed by atoms with Crippen LogP contribution in [0.2, 0.25) is 0 Å². The second-order valence-electron chi connectivity index (χ2n) is 5.61. The fraction of sp³-hybridized carbons (Fsp3) is 0.389. The molecule has 2 nitrogen and oxygen atoms in total. The molecule has 20 heavy (non-hydrogen) atoms. The van der Waals surface area contributed by atoms with Gasteiger partial charge in [0.05, 0.1) is 0 Å². The summed E-state index contributed by atoms with van der Waals surface area (Å²) in [5.74, 6) is 0. The monoisotopic (exact) mass is 268 g/mol. The third-order valence-electron chi connectivity index (χ3n) is 3.74. The smallest absolute Gasteiger partial charge is 0.0315 e. The average Bonchev–Trinajstić information content (AvgIpc) is 2.44. The number of nitrogens with one attached hydrogen (secondary N) is 1. The lowest BCUT2D eigenvalue weighted by atomic mass is 10.0. The molecule has 0 saturated carbocycles. The van der Waals surface area contributed by atoms with Crippen molar-refractivity contribution in [2.24, 2.45) is 0 Å². The highest BCUT2D eigenvalue weighted by molar-refractivity contribution is 5.22. The molecule has 2 rings (SSSR count). The third-order valence-corrected chi connectivity index (χ3v) is 3.74. The van der Waals surface area contributed by atoms with Crippen molar-refractivity contribution in [3.8, 4) is 0 Å². The van der Waals surface area contributed by atoms with Crippen LogP contribution < -0.4 is 5.32 Å². The van der Waals surface area contributed by atoms with Gasteiger partial charge in [-0.05, 0) is 56.4 Å². The largest absolute Gasteiger partial charge is 0.310 e. The minimum atomic E-state index is 0.509. The highest BCUT2D eigenvalue weighted by Crippen LogP contribution is 2.09. The Balaban J connectivity index is 1.78. The van der Waals surface area contributed by atoms with E-state index in [2.05, 4.69) is 61.4 Å². The number of nitrogens with zero attached hydrogens (tertiary/aromatic N) is 1. The molecular formula is C18H24N2. The number of hydrogen-bond donors (Lipinski definition) is 1. The Morgan fingerprint density at radius 1 is 1.20 bits per heavy atom. The van der Waals surface area contributed by atoms with Gasteiger partial charge in [0.1, 0.15) is 0 Å². The zero-order chi connectivity index (χ0) is 14.4. The average molecular weight is 268 g/mol. The molecule has 106 valence electrons. The molecular weight excluding hydrogens is 244 g/mol. The summed E-state index contributed by atoms with van der Waals surface area (Å²) >= 11 is 0. The SMILES string of the molecule is Cc1cccc(CCC(C)NCc2cnccc2C)c1. The summed E-state index contributed by atoms with van der Waals surface area (Å²) in [5.41, 5.74) is 5.36. The maximum atomic E-state index is 4.19. The van der Waals surface area contributed by atoms with Crippen molar-refractivity contribution in [2.75, 3.05) is 0 Å². The van der Waals surface area contributed by atoms with E-state index in [9.17, 15) is 0 Å². The summed E-state index contributed by atoms with van der Waals surface area (Å²) in [6.07, 6.45) is 6.08. The van der Waals surface area contributed by atoms with E-state index in [1.165, 1.54) is 22.3 Å². The van der Waals surface area contributed by atoms with Crippen LogP contribution in [0.3, 0.4) is 0 Å². The summed E-state index contributed by atoms with van der Waals surface area (Å²) in [6.45, 7) is 7.43. The van der Waals surface area contributed by atoms with Crippen molar-refractivity contribution >= 4 is 0 Å². The topological polar surface area (TPSA) is 24.9 Å². The van der Waals surface area contributed by atoms with Gasteiger partial charge < -0.3 is 5.32 Å². The van der Waals surface area contributed by atoms with E-state index in [4.69, 9.17) is 0 Å². The predicted molar refractivity (Wildman–Crippen MR) is 84.8 cm³/mol. The summed E-state index contributed by atoms with van der Waals surface area (Å²) in [7, 11) is 0. The van der Waals surface area contributed by atoms with Gasteiger partial charge in [-0.15, -0.1) is 0 Å². The number of pyridine rings is 1. The molecule has 1 aromatic heterocycles. The zero-order valence-corrected chi connectivity index (χ0v) is 12.7. The third kappa shape index (κ3) is 4.46. The van der Waals surface area contributed by atoms with Gasteiger partial charge in [-0.3, -0.25) is 4.98 Å². The molecule has 0 bridgehead atoms. The van der Waals surface area contributed by atoms with Gasteiger partial charge in [-0.25, -0.2) is 0 Å². The number of aromatic nitrogens is 1. The normalized spacial score (nSPS) is 12.3. The molecule has 0 amide bonds. The van der Waals surface area contributed by atoms with Gasteiger partial charge in [-0.1, -0.05) is 29.8 Å². The van der Waals surface area contributed by atoms with E-state index in [-0.39, 0.29) is 0 Å². The fourth-order valence-corrected chi connectivity index (χ4v) is 2.32. The van der Waals surface area contributed by atoms with E-state index < -0.39 is 0 Å². The molecule has 0 aliphatic heterocycles. The Kier molecular flexibility index (Phi) is 5.31. The summed E-state index contributed by atoms with van der Waals surface area (Å²) in [5, 5.41) is 3.58. The van der Waals surface area contributed by atoms with Crippen LogP contribution in [0.4, 0.5) is 0 Å². The van der Waals surface area contributed by atoms with Crippen LogP contribution in [0.15, 0.2) is 42.7 Å². The Labute approximate surface area is 122 Å². The summed E-state index contributed by atoms with van der Waals surface area (Å²) in [6, 6.07) is 11.4. The first kappa shape index (κ1) is 14.7. The zero-order valence-electron chi connectivity index (χ0n) is 12.7. The predicted octanol–water partition coefficient (Wildman–Crippen LogP) is 3.81. The maximum Gasteiger partial charge on any atom is 0.0315 e. The second-order valence-corrected chi connectivity index (χ2v) is 5.61. The Hall–Kier alpha value is -1.67. The molecule has 1 heterocycles. The first-order valence-electron chi connectivity index (χ1n) is 7.33. The van der Waals surface area contributed by atoms with Crippen LogP contribution in [-0.4, -0.2) is 11.0 Å². The second kappa shape index (κ2) is 7.20. The fourth-order valence-electron chi connectivity index (χ4n) is 2.32. The van der Waals surface area contributed by atoms with E-state index >= 15 is 0 Å². The molecule has 1 unspecified atom stereocenters. The molecule has 0 spiro atoms. The minimum absolute atomic E-state index is 0.509. The van der Waals surface area contributed by atoms with Gasteiger partial charge in [0.25, 0.3) is 0 Å². The first-order valence-corrected chi connectivity index (χ1v) is 7.33. The highest BCUT2D eigenvalue weighted by atomic mass is 14.9. The van der Waals surface area contributed by atoms with Gasteiger partial charge in [0.15, 0.2) is 0 Å². The summed E-state index contributed by atoms with van der Waals surface area (Å²) in [4.78, 5) is 4.19. The van der Waals surface area contributed by atoms with Crippen molar-refractivity contribution in [3.63, 3.8) is 0 Å². The molecule has 1 N–H and O–H groups in total. The molecule has 0 radical (unpaired) electrons. The van der Waals surface area contributed by atoms with E-state index in [0.717, 1.165) is 19.4 Å². The summed E-state index contributed by atoms with van der Waals surface area (Å²) < 4.78 is 0. The van der Waals surface area contributed by atoms with Crippen LogP contribution in [-0.2, 0) is 13.0 Å². The van der Waals surface area contributed by atoms with Gasteiger partial charge in [-0.2, -0.15) is 0 Å². The van der Waals surface area contributed by atoms with Crippen molar-refractivity contribution in [1.82, 2.24) is 10.3 Å². The number of aryl methyl sites for hydroxylation is 3. The molecule has 0 saturated heterocycles. The lowest BCUT2D eigenvalue weighted by Gasteiger charge is -2.15. The van der Waals surface area contributed by atoms with Crippen molar-refractivity contribution in [3.05, 3.63) is 65.0 Å². The maximum absolute atomic E-state index is 4.19. The van der Waals surface area contributed by atoms with Crippen LogP contribution in [0.5, 0.6) is 0 Å². The van der Waals surface area contributed by atoms with Crippen LogP contribution in [0, 0.1) is 13.8 Å². The Morgan fingerprint density at radius 2 is 2.05 bits per heavy atom. The van der Waals surface area contributed by atoms with Crippen molar-refractivity contribution in [2.45, 2.75) is 46.2 Å².